The van der Waals surface area contributed by atoms with Crippen LogP contribution in [0.5, 0.6) is 0 Å². The monoisotopic (exact) mass is 986 g/mol. The number of ether oxygens (including phenoxy) is 4. The molecule has 0 spiro atoms. The Morgan fingerprint density at radius 3 is 1.14 bits per heavy atom. The number of allylic oxidation sites excluding steroid dienone is 22. The maximum absolute atomic E-state index is 12.8. The lowest BCUT2D eigenvalue weighted by Crippen LogP contribution is -2.44. The van der Waals surface area contributed by atoms with Gasteiger partial charge in [-0.1, -0.05) is 192 Å². The molecule has 2 atom stereocenters. The Balaban J connectivity index is 4.28. The van der Waals surface area contributed by atoms with Gasteiger partial charge in [-0.25, -0.2) is 0 Å². The summed E-state index contributed by atoms with van der Waals surface area (Å²) in [5.41, 5.74) is 0. The summed E-state index contributed by atoms with van der Waals surface area (Å²) in [6.07, 6.45) is 70.8. The second-order valence-electron chi connectivity index (χ2n) is 18.8. The molecule has 0 bridgehead atoms. The topological polar surface area (TPSA) is 111 Å². The molecule has 0 aliphatic carbocycles. The Bertz CT molecular complexity index is 1620. The number of quaternary nitrogens is 1. The van der Waals surface area contributed by atoms with Crippen LogP contribution in [0, 0.1) is 0 Å². The summed E-state index contributed by atoms with van der Waals surface area (Å²) in [7, 11) is 5.89. The Morgan fingerprint density at radius 2 is 0.761 bits per heavy atom. The van der Waals surface area contributed by atoms with Gasteiger partial charge in [0.2, 0.25) is 0 Å². The SMILES string of the molecule is CC/C=C\C/C=C\C/C=C\C/C=C\C/C=C\C/C=C\C/C=C\C/C=C\CCCCCCCCCCC(=O)OC(COC(=O)CCCCC/C=C\C/C=C\C/C=C\CC)COC(OCC[N+](C)(C)C)C(=O)[O-]. The highest BCUT2D eigenvalue weighted by Gasteiger charge is 2.21. The third-order valence-electron chi connectivity index (χ3n) is 10.9. The third kappa shape index (κ3) is 53.1. The predicted molar refractivity (Wildman–Crippen MR) is 296 cm³/mol. The number of aliphatic carboxylic acids is 1. The summed E-state index contributed by atoms with van der Waals surface area (Å²) < 4.78 is 22.6. The average molecular weight is 986 g/mol. The number of carbonyl (C=O) groups excluding carboxylic acids is 3. The van der Waals surface area contributed by atoms with Crippen LogP contribution in [0.4, 0.5) is 0 Å². The quantitative estimate of drug-likeness (QED) is 0.0195. The molecule has 2 unspecified atom stereocenters. The van der Waals surface area contributed by atoms with Crippen molar-refractivity contribution in [1.29, 1.82) is 0 Å². The van der Waals surface area contributed by atoms with Gasteiger partial charge in [0, 0.05) is 12.8 Å². The molecule has 0 radical (unpaired) electrons. The van der Waals surface area contributed by atoms with Crippen molar-refractivity contribution in [3.8, 4) is 0 Å². The minimum absolute atomic E-state index is 0.133. The van der Waals surface area contributed by atoms with Crippen molar-refractivity contribution in [2.45, 2.75) is 193 Å². The molecule has 0 amide bonds. The zero-order valence-electron chi connectivity index (χ0n) is 45.3. The number of carbonyl (C=O) groups is 3. The lowest BCUT2D eigenvalue weighted by atomic mass is 10.1. The zero-order valence-corrected chi connectivity index (χ0v) is 45.3. The number of carboxylic acid groups (broad SMARTS) is 1. The van der Waals surface area contributed by atoms with Crippen molar-refractivity contribution in [2.75, 3.05) is 47.5 Å². The second-order valence-corrected chi connectivity index (χ2v) is 18.8. The van der Waals surface area contributed by atoms with Crippen LogP contribution in [0.25, 0.3) is 0 Å². The lowest BCUT2D eigenvalue weighted by molar-refractivity contribution is -0.870. The zero-order chi connectivity index (χ0) is 52.0. The van der Waals surface area contributed by atoms with Gasteiger partial charge in [0.25, 0.3) is 0 Å². The number of likely N-dealkylation sites (N-methyl/N-ethyl adjacent to an activating group) is 1. The van der Waals surface area contributed by atoms with E-state index in [-0.39, 0.29) is 32.7 Å². The van der Waals surface area contributed by atoms with Gasteiger partial charge < -0.3 is 33.3 Å². The summed E-state index contributed by atoms with van der Waals surface area (Å²) in [5, 5.41) is 11.7. The van der Waals surface area contributed by atoms with Crippen molar-refractivity contribution in [3.63, 3.8) is 0 Å². The van der Waals surface area contributed by atoms with Crippen molar-refractivity contribution in [3.05, 3.63) is 134 Å². The van der Waals surface area contributed by atoms with E-state index in [0.717, 1.165) is 116 Å². The first kappa shape index (κ1) is 66.4. The highest BCUT2D eigenvalue weighted by Crippen LogP contribution is 2.13. The average Bonchev–Trinajstić information content (AvgIpc) is 3.34. The van der Waals surface area contributed by atoms with Gasteiger partial charge in [-0.2, -0.15) is 0 Å². The van der Waals surface area contributed by atoms with E-state index in [1.807, 2.05) is 21.1 Å². The van der Waals surface area contributed by atoms with Gasteiger partial charge in [0.1, 0.15) is 13.2 Å². The van der Waals surface area contributed by atoms with Gasteiger partial charge in [0.15, 0.2) is 12.4 Å². The molecule has 0 aromatic rings. The van der Waals surface area contributed by atoms with Crippen LogP contribution >= 0.6 is 0 Å². The Labute approximate surface area is 433 Å². The van der Waals surface area contributed by atoms with E-state index in [1.165, 1.54) is 25.7 Å². The minimum Gasteiger partial charge on any atom is -0.545 e. The molecule has 0 heterocycles. The summed E-state index contributed by atoms with van der Waals surface area (Å²) in [6, 6.07) is 0. The van der Waals surface area contributed by atoms with Gasteiger partial charge in [-0.15, -0.1) is 0 Å². The molecule has 0 fully saturated rings. The Morgan fingerprint density at radius 1 is 0.423 bits per heavy atom. The van der Waals surface area contributed by atoms with Crippen molar-refractivity contribution < 1.29 is 42.9 Å². The fraction of sp³-hybridized carbons (Fsp3) is 0.597. The first-order chi connectivity index (χ1) is 34.6. The molecular weight excluding hydrogens is 887 g/mol. The number of hydrogen-bond donors (Lipinski definition) is 0. The van der Waals surface area contributed by atoms with Gasteiger partial charge in [-0.3, -0.25) is 9.59 Å². The van der Waals surface area contributed by atoms with Crippen LogP contribution in [-0.4, -0.2) is 82.3 Å². The van der Waals surface area contributed by atoms with Crippen molar-refractivity contribution in [2.24, 2.45) is 0 Å². The number of hydrogen-bond acceptors (Lipinski definition) is 8. The van der Waals surface area contributed by atoms with Crippen LogP contribution in [-0.2, 0) is 33.3 Å². The van der Waals surface area contributed by atoms with E-state index in [9.17, 15) is 19.5 Å². The smallest absolute Gasteiger partial charge is 0.306 e. The summed E-state index contributed by atoms with van der Waals surface area (Å²) in [6.45, 7) is 4.44. The molecule has 9 heteroatoms. The van der Waals surface area contributed by atoms with E-state index in [0.29, 0.717) is 23.9 Å². The van der Waals surface area contributed by atoms with Gasteiger partial charge >= 0.3 is 11.9 Å². The molecule has 71 heavy (non-hydrogen) atoms. The normalized spacial score (nSPS) is 13.9. The number of esters is 2. The molecule has 400 valence electrons. The lowest BCUT2D eigenvalue weighted by Gasteiger charge is -2.26. The fourth-order valence-corrected chi connectivity index (χ4v) is 6.74. The van der Waals surface area contributed by atoms with E-state index < -0.39 is 30.3 Å². The molecule has 0 rings (SSSR count). The first-order valence-electron chi connectivity index (χ1n) is 27.3. The summed E-state index contributed by atoms with van der Waals surface area (Å²) in [4.78, 5) is 37.1. The van der Waals surface area contributed by atoms with E-state index in [1.54, 1.807) is 0 Å². The predicted octanol–water partition coefficient (Wildman–Crippen LogP) is 14.6. The van der Waals surface area contributed by atoms with Crippen LogP contribution in [0.15, 0.2) is 134 Å². The maximum atomic E-state index is 12.8. The molecule has 0 N–H and O–H groups in total. The molecule has 0 saturated heterocycles. The van der Waals surface area contributed by atoms with E-state index in [2.05, 4.69) is 148 Å². The minimum atomic E-state index is -1.64. The number of unbranched alkanes of at least 4 members (excludes halogenated alkanes) is 11. The first-order valence-corrected chi connectivity index (χ1v) is 27.3. The van der Waals surface area contributed by atoms with Gasteiger partial charge in [-0.05, 0) is 109 Å². The van der Waals surface area contributed by atoms with Gasteiger partial charge in [0.05, 0.1) is 40.3 Å². The largest absolute Gasteiger partial charge is 0.545 e. The van der Waals surface area contributed by atoms with Crippen LogP contribution in [0.2, 0.25) is 0 Å². The summed E-state index contributed by atoms with van der Waals surface area (Å²) in [5.74, 6) is -2.35. The molecule has 0 aromatic carbocycles. The van der Waals surface area contributed by atoms with Crippen LogP contribution < -0.4 is 5.11 Å². The fourth-order valence-electron chi connectivity index (χ4n) is 6.74. The molecule has 0 aliphatic heterocycles. The Kier molecular flexibility index (Phi) is 48.4. The Hall–Kier alpha value is -4.57. The van der Waals surface area contributed by atoms with E-state index >= 15 is 0 Å². The number of nitrogens with zero attached hydrogens (tertiary/aromatic N) is 1. The maximum Gasteiger partial charge on any atom is 0.306 e. The van der Waals surface area contributed by atoms with Crippen molar-refractivity contribution >= 4 is 17.9 Å². The molecule has 0 saturated carbocycles. The van der Waals surface area contributed by atoms with Crippen molar-refractivity contribution in [1.82, 2.24) is 0 Å². The number of rotatable bonds is 48. The standard InChI is InChI=1S/C62H99NO8/c1-6-8-10-12-14-16-18-20-21-22-23-24-25-26-27-28-29-30-31-32-33-34-35-36-37-38-39-41-43-45-47-49-51-53-60(65)71-58(57-70-62(61(66)67)68-55-54-63(3,4)5)56-69-59(64)52-50-48-46-44-42-40-19-17-15-13-11-9-7-2/h8-11,14-17,20-21,23-24,26-27,29-30,32-33,35-36,40,42,58,62H,6-7,12-13,18-19,22,25,28,31,34,37-39,41,43-57H2,1-5H3/b10-8-,11-9-,16-14-,17-15-,21-20-,24-23-,27-26-,30-29-,33-32-,36-35-,42-40-. The molecule has 0 aliphatic rings. The molecule has 9 nitrogen and oxygen atoms in total. The molecular formula is C62H99NO8. The van der Waals surface area contributed by atoms with Crippen LogP contribution in [0.1, 0.15) is 181 Å². The highest BCUT2D eigenvalue weighted by atomic mass is 16.7. The molecule has 0 aromatic heterocycles. The third-order valence-corrected chi connectivity index (χ3v) is 10.9. The number of carboxylic acids is 1. The van der Waals surface area contributed by atoms with Crippen LogP contribution in [0.3, 0.4) is 0 Å². The van der Waals surface area contributed by atoms with E-state index in [4.69, 9.17) is 18.9 Å². The second kappa shape index (κ2) is 51.8. The highest BCUT2D eigenvalue weighted by molar-refractivity contribution is 5.70. The summed E-state index contributed by atoms with van der Waals surface area (Å²) >= 11 is 0.